The van der Waals surface area contributed by atoms with Gasteiger partial charge < -0.3 is 9.84 Å². The van der Waals surface area contributed by atoms with Crippen molar-refractivity contribution in [2.45, 2.75) is 109 Å². The molecule has 0 spiro atoms. The van der Waals surface area contributed by atoms with E-state index in [0.29, 0.717) is 12.3 Å². The Morgan fingerprint density at radius 1 is 0.861 bits per heavy atom. The number of ketones is 2. The highest BCUT2D eigenvalue weighted by Gasteiger charge is 2.41. The van der Waals surface area contributed by atoms with Crippen molar-refractivity contribution in [3.05, 3.63) is 70.7 Å². The van der Waals surface area contributed by atoms with Gasteiger partial charge in [0.05, 0.1) is 5.57 Å². The highest BCUT2D eigenvalue weighted by atomic mass is 16.5. The quantitative estimate of drug-likeness (QED) is 0.238. The second-order valence-electron chi connectivity index (χ2n) is 10.7. The van der Waals surface area contributed by atoms with Crippen LogP contribution in [0.2, 0.25) is 0 Å². The highest BCUT2D eigenvalue weighted by Crippen LogP contribution is 2.43. The largest absolute Gasteiger partial charge is 0.504 e. The normalized spacial score (nSPS) is 24.2. The van der Waals surface area contributed by atoms with Crippen molar-refractivity contribution >= 4 is 11.6 Å². The van der Waals surface area contributed by atoms with Gasteiger partial charge in [-0.2, -0.15) is 0 Å². The van der Waals surface area contributed by atoms with Gasteiger partial charge in [-0.15, -0.1) is 0 Å². The summed E-state index contributed by atoms with van der Waals surface area (Å²) in [6, 6.07) is 10.6. The molecule has 1 unspecified atom stereocenters. The van der Waals surface area contributed by atoms with E-state index >= 15 is 0 Å². The minimum Gasteiger partial charge on any atom is -0.504 e. The van der Waals surface area contributed by atoms with E-state index in [2.05, 4.69) is 31.2 Å². The summed E-state index contributed by atoms with van der Waals surface area (Å²) in [5.41, 5.74) is 1.75. The van der Waals surface area contributed by atoms with Crippen LogP contribution in [0.3, 0.4) is 0 Å². The number of carbonyl (C=O) groups excluding carboxylic acids is 2. The zero-order chi connectivity index (χ0) is 25.3. The Bertz CT molecular complexity index is 1000. The zero-order valence-corrected chi connectivity index (χ0v) is 21.8. The number of benzene rings is 1. The third-order valence-electron chi connectivity index (χ3n) is 8.18. The molecule has 1 fully saturated rings. The van der Waals surface area contributed by atoms with Gasteiger partial charge >= 0.3 is 0 Å². The van der Waals surface area contributed by atoms with Crippen LogP contribution in [0.1, 0.15) is 108 Å². The molecule has 1 saturated carbocycles. The first-order chi connectivity index (χ1) is 17.6. The first-order valence-corrected chi connectivity index (χ1v) is 14.3. The standard InChI is InChI=1S/C32H42O4/c1-2-3-4-5-6-7-8-9-13-20-26-29(33)30(34)27-21-22-28(36-32(27)31(26)35)25-19-15-14-18-24(25)23-16-11-10-12-17-23/h10-12,16-17,21-22,24-25,28,33H,2-9,13-15,18-20H2,1H3/t24-,25+,28?/m1/s1. The SMILES string of the molecule is CCCCCCCCCCCC1=C(O)C(=O)C2=C(OC([C@H]3CCCC[C@@H]3c3ccccc3)C=C2)C1=O. The molecule has 1 aromatic rings. The molecule has 0 amide bonds. The van der Waals surface area contributed by atoms with Crippen molar-refractivity contribution in [1.29, 1.82) is 0 Å². The van der Waals surface area contributed by atoms with Crippen LogP contribution in [0.15, 0.2) is 65.1 Å². The molecule has 0 bridgehead atoms. The molecule has 1 aliphatic heterocycles. The van der Waals surface area contributed by atoms with Crippen LogP contribution in [-0.2, 0) is 14.3 Å². The van der Waals surface area contributed by atoms with Crippen molar-refractivity contribution in [1.82, 2.24) is 0 Å². The van der Waals surface area contributed by atoms with E-state index in [9.17, 15) is 14.7 Å². The lowest BCUT2D eigenvalue weighted by Crippen LogP contribution is -2.35. The number of allylic oxidation sites excluding steroid dienone is 3. The van der Waals surface area contributed by atoms with Gasteiger partial charge in [0.1, 0.15) is 6.10 Å². The van der Waals surface area contributed by atoms with Crippen molar-refractivity contribution in [3.63, 3.8) is 0 Å². The van der Waals surface area contributed by atoms with Gasteiger partial charge in [-0.1, -0.05) is 101 Å². The van der Waals surface area contributed by atoms with Crippen molar-refractivity contribution in [2.24, 2.45) is 5.92 Å². The Balaban J connectivity index is 1.36. The summed E-state index contributed by atoms with van der Waals surface area (Å²) in [5, 5.41) is 10.6. The summed E-state index contributed by atoms with van der Waals surface area (Å²) in [4.78, 5) is 26.3. The van der Waals surface area contributed by atoms with Crippen molar-refractivity contribution in [3.8, 4) is 0 Å². The van der Waals surface area contributed by atoms with Gasteiger partial charge in [-0.25, -0.2) is 0 Å². The topological polar surface area (TPSA) is 63.6 Å². The minimum absolute atomic E-state index is 0.147. The van der Waals surface area contributed by atoms with E-state index in [1.165, 1.54) is 50.5 Å². The lowest BCUT2D eigenvalue weighted by atomic mass is 9.72. The second kappa shape index (κ2) is 13.1. The summed E-state index contributed by atoms with van der Waals surface area (Å²) < 4.78 is 6.31. The van der Waals surface area contributed by atoms with E-state index in [-0.39, 0.29) is 40.5 Å². The lowest BCUT2D eigenvalue weighted by Gasteiger charge is -2.38. The van der Waals surface area contributed by atoms with E-state index in [0.717, 1.165) is 38.5 Å². The summed E-state index contributed by atoms with van der Waals surface area (Å²) in [6.45, 7) is 2.23. The number of ether oxygens (including phenoxy) is 1. The first kappa shape index (κ1) is 26.4. The van der Waals surface area contributed by atoms with Crippen LogP contribution < -0.4 is 0 Å². The maximum atomic E-state index is 13.4. The van der Waals surface area contributed by atoms with Crippen molar-refractivity contribution < 1.29 is 19.4 Å². The molecule has 2 aliphatic carbocycles. The third kappa shape index (κ3) is 6.19. The Kier molecular flexibility index (Phi) is 9.60. The molecular weight excluding hydrogens is 448 g/mol. The van der Waals surface area contributed by atoms with Crippen LogP contribution in [0.5, 0.6) is 0 Å². The summed E-state index contributed by atoms with van der Waals surface area (Å²) >= 11 is 0. The highest BCUT2D eigenvalue weighted by molar-refractivity contribution is 6.24. The monoisotopic (exact) mass is 490 g/mol. The third-order valence-corrected chi connectivity index (χ3v) is 8.18. The predicted octanol–water partition coefficient (Wildman–Crippen LogP) is 8.05. The molecule has 1 heterocycles. The van der Waals surface area contributed by atoms with Gasteiger partial charge in [0, 0.05) is 11.5 Å². The predicted molar refractivity (Wildman–Crippen MR) is 144 cm³/mol. The fourth-order valence-electron chi connectivity index (χ4n) is 6.11. The molecule has 0 saturated heterocycles. The fraction of sp³-hybridized carbons (Fsp3) is 0.562. The maximum absolute atomic E-state index is 13.4. The Morgan fingerprint density at radius 3 is 2.25 bits per heavy atom. The Hall–Kier alpha value is -2.62. The minimum atomic E-state index is -0.478. The molecule has 194 valence electrons. The number of rotatable bonds is 12. The van der Waals surface area contributed by atoms with Crippen molar-refractivity contribution in [2.75, 3.05) is 0 Å². The number of aliphatic hydroxyl groups excluding tert-OH is 1. The fourth-order valence-corrected chi connectivity index (χ4v) is 6.11. The van der Waals surface area contributed by atoms with E-state index < -0.39 is 5.78 Å². The second-order valence-corrected chi connectivity index (χ2v) is 10.7. The number of hydrogen-bond donors (Lipinski definition) is 1. The Morgan fingerprint density at radius 2 is 1.53 bits per heavy atom. The first-order valence-electron chi connectivity index (χ1n) is 14.3. The molecule has 0 radical (unpaired) electrons. The van der Waals surface area contributed by atoms with Gasteiger partial charge in [0.15, 0.2) is 11.5 Å². The average molecular weight is 491 g/mol. The summed E-state index contributed by atoms with van der Waals surface area (Å²) in [6.07, 6.45) is 18.9. The molecule has 3 aliphatic rings. The molecule has 1 aromatic carbocycles. The molecular formula is C32H42O4. The number of hydrogen-bond acceptors (Lipinski definition) is 4. The summed E-state index contributed by atoms with van der Waals surface area (Å²) in [5.74, 6) is -0.388. The smallest absolute Gasteiger partial charge is 0.231 e. The Labute approximate surface area is 216 Å². The number of aliphatic hydroxyl groups is 1. The van der Waals surface area contributed by atoms with Gasteiger partial charge in [-0.3, -0.25) is 9.59 Å². The zero-order valence-electron chi connectivity index (χ0n) is 21.8. The maximum Gasteiger partial charge on any atom is 0.231 e. The molecule has 36 heavy (non-hydrogen) atoms. The number of unbranched alkanes of at least 4 members (excludes halogenated alkanes) is 8. The molecule has 4 nitrogen and oxygen atoms in total. The van der Waals surface area contributed by atoms with Gasteiger partial charge in [-0.05, 0) is 49.3 Å². The molecule has 3 atom stereocenters. The number of carbonyl (C=O) groups is 2. The lowest BCUT2D eigenvalue weighted by molar-refractivity contribution is -0.122. The van der Waals surface area contributed by atoms with Gasteiger partial charge in [0.25, 0.3) is 0 Å². The van der Waals surface area contributed by atoms with Crippen LogP contribution in [0.25, 0.3) is 0 Å². The van der Waals surface area contributed by atoms with Crippen LogP contribution >= 0.6 is 0 Å². The van der Waals surface area contributed by atoms with Crippen LogP contribution in [0, 0.1) is 5.92 Å². The van der Waals surface area contributed by atoms with E-state index in [1.807, 2.05) is 12.1 Å². The number of Topliss-reactive ketones (excluding diaryl/α,β-unsaturated/α-hetero) is 2. The molecule has 1 N–H and O–H groups in total. The van der Waals surface area contributed by atoms with Crippen LogP contribution in [0.4, 0.5) is 0 Å². The average Bonchev–Trinajstić information content (AvgIpc) is 2.92. The van der Waals surface area contributed by atoms with Gasteiger partial charge in [0.2, 0.25) is 11.6 Å². The molecule has 4 heteroatoms. The van der Waals surface area contributed by atoms with E-state index in [1.54, 1.807) is 6.08 Å². The molecule has 4 rings (SSSR count). The molecule has 0 aromatic heterocycles. The van der Waals surface area contributed by atoms with E-state index in [4.69, 9.17) is 4.74 Å². The summed E-state index contributed by atoms with van der Waals surface area (Å²) in [7, 11) is 0. The van der Waals surface area contributed by atoms with Crippen LogP contribution in [-0.4, -0.2) is 22.8 Å².